The first-order chi connectivity index (χ1) is 15.9. The first-order valence-electron chi connectivity index (χ1n) is 12.2. The van der Waals surface area contributed by atoms with Gasteiger partial charge < -0.3 is 10.2 Å². The second kappa shape index (κ2) is 11.0. The van der Waals surface area contributed by atoms with Crippen LogP contribution in [0.3, 0.4) is 0 Å². The van der Waals surface area contributed by atoms with Crippen LogP contribution in [0.15, 0.2) is 21.6 Å². The first kappa shape index (κ1) is 24.3. The highest BCUT2D eigenvalue weighted by atomic mass is 32.2. The zero-order valence-corrected chi connectivity index (χ0v) is 21.6. The molecule has 0 atom stereocenters. The SMILES string of the molecule is CC1CCN(c2nc3nc(SCC(=O)NCCC4=CCCCC4)n(C(C)C)c(=O)c3s2)CC1. The van der Waals surface area contributed by atoms with Gasteiger partial charge in [-0.3, -0.25) is 14.2 Å². The Kier molecular flexibility index (Phi) is 8.11. The third kappa shape index (κ3) is 5.98. The largest absolute Gasteiger partial charge is 0.355 e. The van der Waals surface area contributed by atoms with Crippen molar-refractivity contribution in [2.45, 2.75) is 76.9 Å². The van der Waals surface area contributed by atoms with Crippen LogP contribution >= 0.6 is 23.1 Å². The standard InChI is InChI=1S/C24H35N5O2S2/c1-16(2)29-22(31)20-21(26-23(33-20)28-13-10-17(3)11-14-28)27-24(29)32-15-19(30)25-12-9-18-7-5-4-6-8-18/h7,16-17H,4-6,8-15H2,1-3H3,(H,25,30). The maximum absolute atomic E-state index is 13.3. The molecule has 2 aliphatic rings. The van der Waals surface area contributed by atoms with E-state index in [0.717, 1.165) is 56.2 Å². The summed E-state index contributed by atoms with van der Waals surface area (Å²) >= 11 is 2.77. The molecule has 1 saturated heterocycles. The Morgan fingerprint density at radius 3 is 2.76 bits per heavy atom. The van der Waals surface area contributed by atoms with Crippen LogP contribution in [0.25, 0.3) is 10.3 Å². The van der Waals surface area contributed by atoms with Crippen LogP contribution in [0.4, 0.5) is 5.13 Å². The lowest BCUT2D eigenvalue weighted by molar-refractivity contribution is -0.118. The molecular formula is C24H35N5O2S2. The molecule has 1 amide bonds. The molecule has 9 heteroatoms. The minimum Gasteiger partial charge on any atom is -0.355 e. The number of hydrogen-bond acceptors (Lipinski definition) is 7. The number of aromatic nitrogens is 3. The lowest BCUT2D eigenvalue weighted by atomic mass is 9.97. The average molecular weight is 490 g/mol. The molecule has 33 heavy (non-hydrogen) atoms. The van der Waals surface area contributed by atoms with Gasteiger partial charge in [0.1, 0.15) is 4.70 Å². The summed E-state index contributed by atoms with van der Waals surface area (Å²) in [5, 5.41) is 4.46. The van der Waals surface area contributed by atoms with Crippen molar-refractivity contribution in [3.8, 4) is 0 Å². The zero-order chi connectivity index (χ0) is 23.4. The van der Waals surface area contributed by atoms with Crippen LogP contribution in [-0.4, -0.2) is 45.8 Å². The van der Waals surface area contributed by atoms with E-state index in [4.69, 9.17) is 9.97 Å². The molecule has 2 aromatic rings. The fourth-order valence-electron chi connectivity index (χ4n) is 4.42. The molecule has 0 aromatic carbocycles. The van der Waals surface area contributed by atoms with Gasteiger partial charge in [-0.1, -0.05) is 41.7 Å². The van der Waals surface area contributed by atoms with Crippen LogP contribution in [0.2, 0.25) is 0 Å². The number of nitrogens with one attached hydrogen (secondary N) is 1. The summed E-state index contributed by atoms with van der Waals surface area (Å²) in [6.07, 6.45) is 10.4. The van der Waals surface area contributed by atoms with Gasteiger partial charge in [0.25, 0.3) is 5.56 Å². The summed E-state index contributed by atoms with van der Waals surface area (Å²) in [5.41, 5.74) is 1.90. The molecule has 1 aliphatic heterocycles. The fraction of sp³-hybridized carbons (Fsp3) is 0.667. The van der Waals surface area contributed by atoms with E-state index >= 15 is 0 Å². The van der Waals surface area contributed by atoms with E-state index in [1.54, 1.807) is 4.57 Å². The minimum atomic E-state index is -0.0590. The number of thiazole rings is 1. The normalized spacial score (nSPS) is 17.6. The molecule has 2 aromatic heterocycles. The number of piperidine rings is 1. The summed E-state index contributed by atoms with van der Waals surface area (Å²) in [7, 11) is 0. The first-order valence-corrected chi connectivity index (χ1v) is 14.0. The number of amides is 1. The van der Waals surface area contributed by atoms with Crippen LogP contribution < -0.4 is 15.8 Å². The fourth-order valence-corrected chi connectivity index (χ4v) is 6.37. The van der Waals surface area contributed by atoms with E-state index < -0.39 is 0 Å². The molecule has 1 N–H and O–H groups in total. The molecule has 0 saturated carbocycles. The van der Waals surface area contributed by atoms with Gasteiger partial charge in [0.05, 0.1) is 5.75 Å². The summed E-state index contributed by atoms with van der Waals surface area (Å²) in [6, 6.07) is -0.0420. The van der Waals surface area contributed by atoms with Crippen molar-refractivity contribution in [3.05, 3.63) is 22.0 Å². The number of anilines is 1. The molecule has 0 bridgehead atoms. The molecule has 3 heterocycles. The summed E-state index contributed by atoms with van der Waals surface area (Å²) in [5.74, 6) is 0.952. The summed E-state index contributed by atoms with van der Waals surface area (Å²) < 4.78 is 2.31. The topological polar surface area (TPSA) is 80.1 Å². The van der Waals surface area contributed by atoms with Gasteiger partial charge in [0.15, 0.2) is 15.9 Å². The molecule has 0 spiro atoms. The van der Waals surface area contributed by atoms with Crippen LogP contribution in [0, 0.1) is 5.92 Å². The van der Waals surface area contributed by atoms with E-state index in [1.807, 2.05) is 13.8 Å². The zero-order valence-electron chi connectivity index (χ0n) is 19.9. The number of carbonyl (C=O) groups excluding carboxylic acids is 1. The van der Waals surface area contributed by atoms with Crippen LogP contribution in [-0.2, 0) is 4.79 Å². The van der Waals surface area contributed by atoms with Crippen LogP contribution in [0.5, 0.6) is 0 Å². The van der Waals surface area contributed by atoms with E-state index in [1.165, 1.54) is 41.5 Å². The molecule has 1 fully saturated rings. The highest BCUT2D eigenvalue weighted by Gasteiger charge is 2.23. The Morgan fingerprint density at radius 2 is 2.06 bits per heavy atom. The van der Waals surface area contributed by atoms with Crippen molar-refractivity contribution in [2.75, 3.05) is 30.3 Å². The van der Waals surface area contributed by atoms with Gasteiger partial charge in [-0.2, -0.15) is 4.98 Å². The Morgan fingerprint density at radius 1 is 1.27 bits per heavy atom. The Hall–Kier alpha value is -1.87. The molecule has 180 valence electrons. The van der Waals surface area contributed by atoms with E-state index in [-0.39, 0.29) is 23.3 Å². The third-order valence-electron chi connectivity index (χ3n) is 6.47. The van der Waals surface area contributed by atoms with Gasteiger partial charge in [0.2, 0.25) is 5.91 Å². The second-order valence-electron chi connectivity index (χ2n) is 9.48. The predicted octanol–water partition coefficient (Wildman–Crippen LogP) is 4.77. The highest BCUT2D eigenvalue weighted by Crippen LogP contribution is 2.31. The number of nitrogens with zero attached hydrogens (tertiary/aromatic N) is 4. The van der Waals surface area contributed by atoms with Crippen molar-refractivity contribution in [2.24, 2.45) is 5.92 Å². The maximum Gasteiger partial charge on any atom is 0.274 e. The molecule has 1 aliphatic carbocycles. The lowest BCUT2D eigenvalue weighted by Crippen LogP contribution is -2.32. The number of thioether (sulfide) groups is 1. The molecule has 7 nitrogen and oxygen atoms in total. The van der Waals surface area contributed by atoms with Crippen LogP contribution in [0.1, 0.15) is 71.8 Å². The monoisotopic (exact) mass is 489 g/mol. The molecule has 0 unspecified atom stereocenters. The smallest absolute Gasteiger partial charge is 0.274 e. The summed E-state index contributed by atoms with van der Waals surface area (Å²) in [6.45, 7) is 8.84. The Bertz CT molecular complexity index is 1070. The number of hydrogen-bond donors (Lipinski definition) is 1. The van der Waals surface area contributed by atoms with Gasteiger partial charge >= 0.3 is 0 Å². The molecular weight excluding hydrogens is 454 g/mol. The number of rotatable bonds is 8. The second-order valence-corrected chi connectivity index (χ2v) is 11.4. The van der Waals surface area contributed by atoms with Gasteiger partial charge in [0, 0.05) is 25.7 Å². The lowest BCUT2D eigenvalue weighted by Gasteiger charge is -2.29. The molecule has 0 radical (unpaired) electrons. The highest BCUT2D eigenvalue weighted by molar-refractivity contribution is 7.99. The van der Waals surface area contributed by atoms with Gasteiger partial charge in [-0.15, -0.1) is 0 Å². The summed E-state index contributed by atoms with van der Waals surface area (Å²) in [4.78, 5) is 37.4. The number of allylic oxidation sites excluding steroid dienone is 1. The van der Waals surface area contributed by atoms with Crippen molar-refractivity contribution in [3.63, 3.8) is 0 Å². The van der Waals surface area contributed by atoms with Gasteiger partial charge in [-0.05, 0) is 64.7 Å². The van der Waals surface area contributed by atoms with E-state index in [0.29, 0.717) is 22.0 Å². The van der Waals surface area contributed by atoms with E-state index in [2.05, 4.69) is 23.2 Å². The number of carbonyl (C=O) groups is 1. The molecule has 4 rings (SSSR count). The third-order valence-corrected chi connectivity index (χ3v) is 8.52. The Labute approximate surface area is 204 Å². The van der Waals surface area contributed by atoms with Crippen molar-refractivity contribution >= 4 is 44.5 Å². The van der Waals surface area contributed by atoms with Crippen molar-refractivity contribution in [1.29, 1.82) is 0 Å². The predicted molar refractivity (Wildman–Crippen MR) is 138 cm³/mol. The Balaban J connectivity index is 1.44. The van der Waals surface area contributed by atoms with E-state index in [9.17, 15) is 9.59 Å². The van der Waals surface area contributed by atoms with Crippen molar-refractivity contribution < 1.29 is 4.79 Å². The van der Waals surface area contributed by atoms with Crippen molar-refractivity contribution in [1.82, 2.24) is 19.9 Å². The maximum atomic E-state index is 13.3. The average Bonchev–Trinajstić information content (AvgIpc) is 3.23. The van der Waals surface area contributed by atoms with Gasteiger partial charge in [-0.25, -0.2) is 4.98 Å². The number of fused-ring (bicyclic) bond motifs is 1. The minimum absolute atomic E-state index is 0.0255. The quantitative estimate of drug-likeness (QED) is 0.327.